The monoisotopic (exact) mass is 329 g/mol. The number of aromatic hydroxyl groups is 1. The number of nitrogens with zero attached hydrogens (tertiary/aromatic N) is 2. The fourth-order valence-corrected chi connectivity index (χ4v) is 2.66. The Labute approximate surface area is 144 Å². The summed E-state index contributed by atoms with van der Waals surface area (Å²) in [5.41, 5.74) is 3.61. The summed E-state index contributed by atoms with van der Waals surface area (Å²) in [6, 6.07) is 19.7. The van der Waals surface area contributed by atoms with Crippen LogP contribution in [-0.4, -0.2) is 20.4 Å². The lowest BCUT2D eigenvalue weighted by molar-refractivity contribution is 0.102. The number of carbonyl (C=O) groups excluding carboxylic acids is 1. The van der Waals surface area contributed by atoms with Gasteiger partial charge < -0.3 is 14.8 Å². The third-order valence-electron chi connectivity index (χ3n) is 3.95. The van der Waals surface area contributed by atoms with E-state index in [1.807, 2.05) is 59.3 Å². The van der Waals surface area contributed by atoms with Crippen molar-refractivity contribution < 1.29 is 9.90 Å². The van der Waals surface area contributed by atoms with Gasteiger partial charge >= 0.3 is 0 Å². The first-order valence-electron chi connectivity index (χ1n) is 7.84. The fourth-order valence-electron chi connectivity index (χ4n) is 2.66. The van der Waals surface area contributed by atoms with E-state index in [1.165, 1.54) is 6.07 Å². The summed E-state index contributed by atoms with van der Waals surface area (Å²) in [7, 11) is 0. The molecule has 0 aliphatic rings. The molecule has 5 nitrogen and oxygen atoms in total. The van der Waals surface area contributed by atoms with E-state index in [4.69, 9.17) is 0 Å². The Balaban J connectivity index is 1.56. The molecule has 2 aromatic heterocycles. The van der Waals surface area contributed by atoms with Crippen LogP contribution in [0.15, 0.2) is 79.1 Å². The minimum atomic E-state index is -0.349. The number of fused-ring (bicyclic) bond motifs is 1. The summed E-state index contributed by atoms with van der Waals surface area (Å²) in [5, 5.41) is 12.5. The van der Waals surface area contributed by atoms with Crippen molar-refractivity contribution in [1.82, 2.24) is 9.38 Å². The number of carbonyl (C=O) groups is 1. The lowest BCUT2D eigenvalue weighted by atomic mass is 10.1. The molecular weight excluding hydrogens is 314 g/mol. The van der Waals surface area contributed by atoms with Crippen LogP contribution in [0.3, 0.4) is 0 Å². The van der Waals surface area contributed by atoms with Crippen LogP contribution in [0.25, 0.3) is 16.9 Å². The van der Waals surface area contributed by atoms with Gasteiger partial charge in [-0.15, -0.1) is 0 Å². The molecule has 4 aromatic rings. The number of benzene rings is 2. The molecule has 1 amide bonds. The Kier molecular flexibility index (Phi) is 3.67. The number of pyridine rings is 1. The molecule has 122 valence electrons. The number of para-hydroxylation sites is 1. The van der Waals surface area contributed by atoms with Gasteiger partial charge in [-0.2, -0.15) is 0 Å². The Bertz CT molecular complexity index is 1020. The maximum absolute atomic E-state index is 12.2. The Hall–Kier alpha value is -3.60. The zero-order valence-corrected chi connectivity index (χ0v) is 13.3. The van der Waals surface area contributed by atoms with Crippen molar-refractivity contribution in [1.29, 1.82) is 0 Å². The molecule has 0 radical (unpaired) electrons. The van der Waals surface area contributed by atoms with Crippen molar-refractivity contribution in [2.24, 2.45) is 0 Å². The zero-order valence-electron chi connectivity index (χ0n) is 13.3. The van der Waals surface area contributed by atoms with E-state index in [9.17, 15) is 9.90 Å². The van der Waals surface area contributed by atoms with Gasteiger partial charge in [0.15, 0.2) is 0 Å². The van der Waals surface area contributed by atoms with Gasteiger partial charge in [0.2, 0.25) is 0 Å². The van der Waals surface area contributed by atoms with Gasteiger partial charge in [-0.25, -0.2) is 4.98 Å². The maximum atomic E-state index is 12.2. The number of aromatic nitrogens is 2. The molecule has 0 aliphatic heterocycles. The number of hydrogen-bond donors (Lipinski definition) is 2. The molecule has 0 atom stereocenters. The van der Waals surface area contributed by atoms with E-state index in [2.05, 4.69) is 10.3 Å². The van der Waals surface area contributed by atoms with Crippen LogP contribution in [0.4, 0.5) is 5.69 Å². The molecule has 2 aromatic carbocycles. The smallest absolute Gasteiger partial charge is 0.259 e. The number of amides is 1. The normalized spacial score (nSPS) is 10.7. The molecule has 0 aliphatic carbocycles. The van der Waals surface area contributed by atoms with Gasteiger partial charge in [-0.1, -0.05) is 30.3 Å². The molecule has 5 heteroatoms. The van der Waals surface area contributed by atoms with Crippen LogP contribution in [-0.2, 0) is 0 Å². The molecule has 0 bridgehead atoms. The van der Waals surface area contributed by atoms with Gasteiger partial charge in [0.25, 0.3) is 5.91 Å². The predicted molar refractivity (Wildman–Crippen MR) is 96.7 cm³/mol. The van der Waals surface area contributed by atoms with Crippen molar-refractivity contribution in [2.45, 2.75) is 0 Å². The Morgan fingerprint density at radius 2 is 1.72 bits per heavy atom. The lowest BCUT2D eigenvalue weighted by Gasteiger charge is -2.07. The first-order chi connectivity index (χ1) is 12.2. The molecule has 25 heavy (non-hydrogen) atoms. The average Bonchev–Trinajstić information content (AvgIpc) is 3.07. The SMILES string of the molecule is O=C(Nc1ccc(-c2cn3ccccc3n2)cc1)c1ccccc1O. The minimum absolute atomic E-state index is 0.0404. The molecule has 0 spiro atoms. The Morgan fingerprint density at radius 3 is 2.48 bits per heavy atom. The second-order valence-electron chi connectivity index (χ2n) is 5.64. The standard InChI is InChI=1S/C20H15N3O2/c24-18-6-2-1-5-16(18)20(25)21-15-10-8-14(9-11-15)17-13-23-12-4-3-7-19(23)22-17/h1-13,24H,(H,21,25). The van der Waals surface area contributed by atoms with Crippen LogP contribution in [0.2, 0.25) is 0 Å². The number of nitrogens with one attached hydrogen (secondary N) is 1. The highest BCUT2D eigenvalue weighted by molar-refractivity contribution is 6.06. The van der Waals surface area contributed by atoms with Crippen molar-refractivity contribution in [3.63, 3.8) is 0 Å². The summed E-state index contributed by atoms with van der Waals surface area (Å²) >= 11 is 0. The minimum Gasteiger partial charge on any atom is -0.507 e. The highest BCUT2D eigenvalue weighted by atomic mass is 16.3. The summed E-state index contributed by atoms with van der Waals surface area (Å²) in [6.45, 7) is 0. The lowest BCUT2D eigenvalue weighted by Crippen LogP contribution is -2.11. The van der Waals surface area contributed by atoms with Crippen LogP contribution in [0.5, 0.6) is 5.75 Å². The molecular formula is C20H15N3O2. The number of imidazole rings is 1. The van der Waals surface area contributed by atoms with Crippen LogP contribution in [0.1, 0.15) is 10.4 Å². The quantitative estimate of drug-likeness (QED) is 0.598. The van der Waals surface area contributed by atoms with Crippen LogP contribution >= 0.6 is 0 Å². The highest BCUT2D eigenvalue weighted by Gasteiger charge is 2.10. The van der Waals surface area contributed by atoms with Crippen molar-refractivity contribution in [2.75, 3.05) is 5.32 Å². The third kappa shape index (κ3) is 2.95. The number of hydrogen-bond acceptors (Lipinski definition) is 3. The number of phenols is 1. The Morgan fingerprint density at radius 1 is 0.960 bits per heavy atom. The van der Waals surface area contributed by atoms with E-state index in [-0.39, 0.29) is 17.2 Å². The molecule has 2 heterocycles. The van der Waals surface area contributed by atoms with E-state index in [1.54, 1.807) is 18.2 Å². The molecule has 0 unspecified atom stereocenters. The molecule has 0 saturated heterocycles. The topological polar surface area (TPSA) is 66.6 Å². The zero-order chi connectivity index (χ0) is 17.2. The van der Waals surface area contributed by atoms with Gasteiger partial charge in [0.05, 0.1) is 11.3 Å². The average molecular weight is 329 g/mol. The van der Waals surface area contributed by atoms with E-state index in [0.717, 1.165) is 16.9 Å². The van der Waals surface area contributed by atoms with Gasteiger partial charge in [0.1, 0.15) is 11.4 Å². The number of phenolic OH excluding ortho intramolecular Hbond substituents is 1. The van der Waals surface area contributed by atoms with Crippen molar-refractivity contribution >= 4 is 17.2 Å². The molecule has 2 N–H and O–H groups in total. The van der Waals surface area contributed by atoms with Gasteiger partial charge in [0, 0.05) is 23.6 Å². The molecule has 4 rings (SSSR count). The van der Waals surface area contributed by atoms with Crippen LogP contribution < -0.4 is 5.32 Å². The number of anilines is 1. The summed E-state index contributed by atoms with van der Waals surface area (Å²) in [6.07, 6.45) is 3.91. The van der Waals surface area contributed by atoms with E-state index in [0.29, 0.717) is 5.69 Å². The summed E-state index contributed by atoms with van der Waals surface area (Å²) < 4.78 is 1.96. The summed E-state index contributed by atoms with van der Waals surface area (Å²) in [5.74, 6) is -0.389. The number of rotatable bonds is 3. The third-order valence-corrected chi connectivity index (χ3v) is 3.95. The molecule has 0 saturated carbocycles. The largest absolute Gasteiger partial charge is 0.507 e. The van der Waals surface area contributed by atoms with Gasteiger partial charge in [-0.3, -0.25) is 4.79 Å². The van der Waals surface area contributed by atoms with Crippen molar-refractivity contribution in [3.05, 3.63) is 84.7 Å². The van der Waals surface area contributed by atoms with Crippen molar-refractivity contribution in [3.8, 4) is 17.0 Å². The van der Waals surface area contributed by atoms with Gasteiger partial charge in [-0.05, 0) is 36.4 Å². The van der Waals surface area contributed by atoms with E-state index < -0.39 is 0 Å². The second kappa shape index (κ2) is 6.13. The predicted octanol–water partition coefficient (Wildman–Crippen LogP) is 3.96. The maximum Gasteiger partial charge on any atom is 0.259 e. The highest BCUT2D eigenvalue weighted by Crippen LogP contribution is 2.22. The molecule has 0 fully saturated rings. The second-order valence-corrected chi connectivity index (χ2v) is 5.64. The first kappa shape index (κ1) is 15.0. The van der Waals surface area contributed by atoms with E-state index >= 15 is 0 Å². The first-order valence-corrected chi connectivity index (χ1v) is 7.84. The fraction of sp³-hybridized carbons (Fsp3) is 0. The summed E-state index contributed by atoms with van der Waals surface area (Å²) in [4.78, 5) is 16.8. The van der Waals surface area contributed by atoms with Crippen LogP contribution in [0, 0.1) is 0 Å².